The predicted molar refractivity (Wildman–Crippen MR) is 85.0 cm³/mol. The summed E-state index contributed by atoms with van der Waals surface area (Å²) in [6, 6.07) is 8.90. The lowest BCUT2D eigenvalue weighted by Crippen LogP contribution is -2.21. The van der Waals surface area contributed by atoms with Gasteiger partial charge in [-0.25, -0.2) is 0 Å². The lowest BCUT2D eigenvalue weighted by Gasteiger charge is -2.13. The van der Waals surface area contributed by atoms with Crippen molar-refractivity contribution in [3.63, 3.8) is 0 Å². The van der Waals surface area contributed by atoms with E-state index in [0.29, 0.717) is 0 Å². The van der Waals surface area contributed by atoms with Gasteiger partial charge in [0.25, 0.3) is 0 Å². The number of hydrogen-bond acceptors (Lipinski definition) is 2. The quantitative estimate of drug-likeness (QED) is 0.750. The van der Waals surface area contributed by atoms with E-state index in [1.54, 1.807) is 0 Å². The molecule has 2 aromatic rings. The van der Waals surface area contributed by atoms with Crippen molar-refractivity contribution in [2.75, 3.05) is 13.2 Å². The fraction of sp³-hybridized carbons (Fsp3) is 0.529. The van der Waals surface area contributed by atoms with Crippen LogP contribution >= 0.6 is 0 Å². The Hall–Kier alpha value is -1.32. The van der Waals surface area contributed by atoms with Crippen molar-refractivity contribution in [1.82, 2.24) is 4.57 Å². The summed E-state index contributed by atoms with van der Waals surface area (Å²) in [4.78, 5) is 0. The maximum atomic E-state index is 6.12. The number of hydrogen-bond donors (Lipinski definition) is 1. The lowest BCUT2D eigenvalue weighted by molar-refractivity contribution is 0.127. The van der Waals surface area contributed by atoms with E-state index in [1.807, 2.05) is 0 Å². The van der Waals surface area contributed by atoms with E-state index < -0.39 is 0 Å². The molecule has 3 nitrogen and oxygen atoms in total. The Labute approximate surface area is 121 Å². The van der Waals surface area contributed by atoms with Crippen molar-refractivity contribution >= 4 is 10.9 Å². The Morgan fingerprint density at radius 1 is 1.20 bits per heavy atom. The number of benzene rings is 1. The average molecular weight is 274 g/mol. The van der Waals surface area contributed by atoms with Crippen LogP contribution in [-0.4, -0.2) is 23.8 Å². The normalized spacial score (nSPS) is 12.9. The Balaban J connectivity index is 2.17. The lowest BCUT2D eigenvalue weighted by atomic mass is 10.0. The number of ether oxygens (including phenoxy) is 1. The van der Waals surface area contributed by atoms with E-state index in [2.05, 4.69) is 48.9 Å². The number of rotatable bonds is 8. The highest BCUT2D eigenvalue weighted by molar-refractivity contribution is 5.83. The molecule has 3 heteroatoms. The minimum Gasteiger partial charge on any atom is -0.380 e. The van der Waals surface area contributed by atoms with Gasteiger partial charge in [0.1, 0.15) is 0 Å². The second kappa shape index (κ2) is 7.46. The molecule has 1 aromatic carbocycles. The van der Waals surface area contributed by atoms with E-state index >= 15 is 0 Å². The highest BCUT2D eigenvalue weighted by atomic mass is 16.5. The summed E-state index contributed by atoms with van der Waals surface area (Å²) < 4.78 is 7.90. The van der Waals surface area contributed by atoms with Crippen LogP contribution in [-0.2, 0) is 17.7 Å². The topological polar surface area (TPSA) is 40.2 Å². The third-order valence-electron chi connectivity index (χ3n) is 3.70. The zero-order valence-corrected chi connectivity index (χ0v) is 12.6. The Kier molecular flexibility index (Phi) is 5.62. The zero-order chi connectivity index (χ0) is 14.4. The molecule has 0 bridgehead atoms. The van der Waals surface area contributed by atoms with Crippen LogP contribution in [0.2, 0.25) is 0 Å². The molecule has 20 heavy (non-hydrogen) atoms. The molecule has 0 saturated carbocycles. The maximum Gasteiger partial charge on any atom is 0.0645 e. The molecule has 0 aliphatic rings. The molecule has 110 valence electrons. The van der Waals surface area contributed by atoms with Crippen molar-refractivity contribution in [3.8, 4) is 0 Å². The van der Waals surface area contributed by atoms with Crippen LogP contribution in [0, 0.1) is 0 Å². The molecule has 1 unspecified atom stereocenters. The first-order valence-corrected chi connectivity index (χ1v) is 7.66. The summed E-state index contributed by atoms with van der Waals surface area (Å²) in [5.74, 6) is 0. The van der Waals surface area contributed by atoms with Gasteiger partial charge in [0.05, 0.1) is 12.1 Å². The molecule has 2 N–H and O–H groups in total. The van der Waals surface area contributed by atoms with Gasteiger partial charge < -0.3 is 15.0 Å². The first kappa shape index (κ1) is 15.1. The largest absolute Gasteiger partial charge is 0.380 e. The van der Waals surface area contributed by atoms with Crippen LogP contribution in [0.15, 0.2) is 30.5 Å². The minimum atomic E-state index is 0.236. The number of nitrogens with two attached hydrogens (primary N) is 1. The summed E-state index contributed by atoms with van der Waals surface area (Å²) in [7, 11) is 0. The summed E-state index contributed by atoms with van der Waals surface area (Å²) >= 11 is 0. The first-order chi connectivity index (χ1) is 9.76. The van der Waals surface area contributed by atoms with E-state index in [-0.39, 0.29) is 6.04 Å². The average Bonchev–Trinajstić information content (AvgIpc) is 2.88. The fourth-order valence-electron chi connectivity index (χ4n) is 2.53. The van der Waals surface area contributed by atoms with E-state index in [0.717, 1.165) is 39.0 Å². The summed E-state index contributed by atoms with van der Waals surface area (Å²) in [6.07, 6.45) is 5.17. The smallest absolute Gasteiger partial charge is 0.0645 e. The minimum absolute atomic E-state index is 0.236. The SMILES string of the molecule is CCCOCCn1ccc2cccc(CC(N)CC)c21. The van der Waals surface area contributed by atoms with Gasteiger partial charge in [-0.1, -0.05) is 32.0 Å². The van der Waals surface area contributed by atoms with Gasteiger partial charge in [0, 0.05) is 25.4 Å². The number of fused-ring (bicyclic) bond motifs is 1. The van der Waals surface area contributed by atoms with Crippen molar-refractivity contribution in [3.05, 3.63) is 36.0 Å². The maximum absolute atomic E-state index is 6.12. The van der Waals surface area contributed by atoms with Gasteiger partial charge >= 0.3 is 0 Å². The molecule has 1 aromatic heterocycles. The molecular formula is C17H26N2O. The number of para-hydroxylation sites is 1. The van der Waals surface area contributed by atoms with Gasteiger partial charge in [-0.15, -0.1) is 0 Å². The van der Waals surface area contributed by atoms with Gasteiger partial charge in [-0.05, 0) is 36.3 Å². The molecule has 0 amide bonds. The summed E-state index contributed by atoms with van der Waals surface area (Å²) in [5, 5.41) is 1.29. The second-order valence-corrected chi connectivity index (χ2v) is 5.35. The molecule has 0 fully saturated rings. The van der Waals surface area contributed by atoms with Gasteiger partial charge in [0.2, 0.25) is 0 Å². The molecule has 0 saturated heterocycles. The fourth-order valence-corrected chi connectivity index (χ4v) is 2.53. The van der Waals surface area contributed by atoms with Crippen LogP contribution in [0.5, 0.6) is 0 Å². The summed E-state index contributed by atoms with van der Waals surface area (Å²) in [5.41, 5.74) is 8.78. The number of aromatic nitrogens is 1. The standard InChI is InChI=1S/C17H26N2O/c1-3-11-20-12-10-19-9-8-14-6-5-7-15(17(14)19)13-16(18)4-2/h5-9,16H,3-4,10-13,18H2,1-2H3. The Morgan fingerprint density at radius 3 is 2.80 bits per heavy atom. The Morgan fingerprint density at radius 2 is 2.05 bits per heavy atom. The van der Waals surface area contributed by atoms with E-state index in [4.69, 9.17) is 10.5 Å². The van der Waals surface area contributed by atoms with Crippen molar-refractivity contribution in [2.24, 2.45) is 5.73 Å². The molecule has 0 spiro atoms. The Bertz CT molecular complexity index is 533. The van der Waals surface area contributed by atoms with E-state index in [9.17, 15) is 0 Å². The van der Waals surface area contributed by atoms with Crippen LogP contribution in [0.4, 0.5) is 0 Å². The molecule has 2 rings (SSSR count). The highest BCUT2D eigenvalue weighted by Crippen LogP contribution is 2.21. The van der Waals surface area contributed by atoms with Crippen molar-refractivity contribution in [1.29, 1.82) is 0 Å². The molecule has 0 aliphatic carbocycles. The molecule has 1 atom stereocenters. The monoisotopic (exact) mass is 274 g/mol. The zero-order valence-electron chi connectivity index (χ0n) is 12.6. The number of nitrogens with zero attached hydrogens (tertiary/aromatic N) is 1. The molecular weight excluding hydrogens is 248 g/mol. The van der Waals surface area contributed by atoms with Gasteiger partial charge in [-0.2, -0.15) is 0 Å². The molecule has 1 heterocycles. The third-order valence-corrected chi connectivity index (χ3v) is 3.70. The molecule has 0 aliphatic heterocycles. The van der Waals surface area contributed by atoms with Crippen molar-refractivity contribution in [2.45, 2.75) is 45.7 Å². The predicted octanol–water partition coefficient (Wildman–Crippen LogP) is 3.35. The summed E-state index contributed by atoms with van der Waals surface area (Å²) in [6.45, 7) is 6.79. The first-order valence-electron chi connectivity index (χ1n) is 7.66. The van der Waals surface area contributed by atoms with Crippen LogP contribution in [0.1, 0.15) is 32.3 Å². The molecule has 0 radical (unpaired) electrons. The van der Waals surface area contributed by atoms with Crippen molar-refractivity contribution < 1.29 is 4.74 Å². The van der Waals surface area contributed by atoms with Crippen LogP contribution in [0.3, 0.4) is 0 Å². The van der Waals surface area contributed by atoms with Gasteiger partial charge in [0.15, 0.2) is 0 Å². The third kappa shape index (κ3) is 3.62. The van der Waals surface area contributed by atoms with Gasteiger partial charge in [-0.3, -0.25) is 0 Å². The second-order valence-electron chi connectivity index (χ2n) is 5.35. The van der Waals surface area contributed by atoms with Crippen LogP contribution in [0.25, 0.3) is 10.9 Å². The van der Waals surface area contributed by atoms with Crippen LogP contribution < -0.4 is 5.73 Å². The highest BCUT2D eigenvalue weighted by Gasteiger charge is 2.09. The van der Waals surface area contributed by atoms with E-state index in [1.165, 1.54) is 16.5 Å².